The van der Waals surface area contributed by atoms with Gasteiger partial charge in [-0.1, -0.05) is 23.2 Å². The molecule has 0 aliphatic heterocycles. The number of pyridine rings is 1. The Labute approximate surface area is 178 Å². The fourth-order valence-electron chi connectivity index (χ4n) is 2.06. The summed E-state index contributed by atoms with van der Waals surface area (Å²) in [6, 6.07) is 11.8. The van der Waals surface area contributed by atoms with E-state index in [1.807, 2.05) is 6.07 Å². The Morgan fingerprint density at radius 3 is 2.65 bits per heavy atom. The molecule has 26 heavy (non-hydrogen) atoms. The molecule has 9 heteroatoms. The first-order valence-corrected chi connectivity index (χ1v) is 9.46. The first-order valence-electron chi connectivity index (χ1n) is 7.21. The number of carbonyl (C=O) groups is 1. The SMILES string of the molecule is O=C(NC(=S)Nc1ccc(I)cn1)c1ccc(-c2ccc(Cl)cc2Cl)o1. The minimum Gasteiger partial charge on any atom is -0.451 e. The lowest BCUT2D eigenvalue weighted by molar-refractivity contribution is 0.0951. The number of amides is 1. The molecule has 1 amide bonds. The molecule has 1 aromatic carbocycles. The molecular formula is C17H10Cl2IN3O2S. The number of halogens is 3. The highest BCUT2D eigenvalue weighted by Gasteiger charge is 2.15. The Hall–Kier alpha value is -1.68. The third-order valence-electron chi connectivity index (χ3n) is 3.22. The van der Waals surface area contributed by atoms with Crippen LogP contribution in [0.25, 0.3) is 11.3 Å². The summed E-state index contributed by atoms with van der Waals surface area (Å²) in [6.45, 7) is 0. The number of carbonyl (C=O) groups excluding carboxylic acids is 1. The number of furan rings is 1. The number of rotatable bonds is 3. The van der Waals surface area contributed by atoms with Crippen LogP contribution in [0.4, 0.5) is 5.82 Å². The molecule has 2 heterocycles. The van der Waals surface area contributed by atoms with E-state index in [0.29, 0.717) is 27.2 Å². The summed E-state index contributed by atoms with van der Waals surface area (Å²) >= 11 is 19.3. The lowest BCUT2D eigenvalue weighted by Gasteiger charge is -2.07. The van der Waals surface area contributed by atoms with E-state index in [4.69, 9.17) is 39.8 Å². The summed E-state index contributed by atoms with van der Waals surface area (Å²) in [4.78, 5) is 16.4. The van der Waals surface area contributed by atoms with E-state index < -0.39 is 5.91 Å². The van der Waals surface area contributed by atoms with Crippen LogP contribution in [0.1, 0.15) is 10.6 Å². The molecule has 3 aromatic rings. The first-order chi connectivity index (χ1) is 12.4. The minimum atomic E-state index is -0.482. The van der Waals surface area contributed by atoms with Crippen LogP contribution in [-0.2, 0) is 0 Å². The van der Waals surface area contributed by atoms with Gasteiger partial charge in [0, 0.05) is 20.4 Å². The van der Waals surface area contributed by atoms with E-state index in [2.05, 4.69) is 38.2 Å². The van der Waals surface area contributed by atoms with E-state index in [1.165, 1.54) is 0 Å². The van der Waals surface area contributed by atoms with E-state index in [1.54, 1.807) is 42.6 Å². The van der Waals surface area contributed by atoms with Crippen molar-refractivity contribution in [3.05, 3.63) is 68.0 Å². The molecule has 0 saturated carbocycles. The monoisotopic (exact) mass is 517 g/mol. The Kier molecular flexibility index (Phi) is 6.13. The zero-order valence-corrected chi connectivity index (χ0v) is 17.4. The Morgan fingerprint density at radius 1 is 1.15 bits per heavy atom. The summed E-state index contributed by atoms with van der Waals surface area (Å²) in [7, 11) is 0. The Morgan fingerprint density at radius 2 is 1.96 bits per heavy atom. The molecule has 0 radical (unpaired) electrons. The maximum Gasteiger partial charge on any atom is 0.293 e. The molecule has 0 atom stereocenters. The molecule has 2 N–H and O–H groups in total. The summed E-state index contributed by atoms with van der Waals surface area (Å²) in [5, 5.41) is 6.44. The molecule has 0 aliphatic carbocycles. The quantitative estimate of drug-likeness (QED) is 0.360. The van der Waals surface area contributed by atoms with Crippen molar-refractivity contribution in [3.8, 4) is 11.3 Å². The highest BCUT2D eigenvalue weighted by atomic mass is 127. The molecule has 3 rings (SSSR count). The van der Waals surface area contributed by atoms with Gasteiger partial charge in [-0.2, -0.15) is 0 Å². The van der Waals surface area contributed by atoms with E-state index >= 15 is 0 Å². The second-order valence-corrected chi connectivity index (χ2v) is 7.56. The molecule has 0 fully saturated rings. The van der Waals surface area contributed by atoms with Gasteiger partial charge in [-0.3, -0.25) is 10.1 Å². The van der Waals surface area contributed by atoms with Crippen LogP contribution in [0.3, 0.4) is 0 Å². The van der Waals surface area contributed by atoms with Gasteiger partial charge in [0.25, 0.3) is 5.91 Å². The molecular weight excluding hydrogens is 508 g/mol. The number of nitrogens with zero attached hydrogens (tertiary/aromatic N) is 1. The van der Waals surface area contributed by atoms with Crippen molar-refractivity contribution < 1.29 is 9.21 Å². The van der Waals surface area contributed by atoms with E-state index in [0.717, 1.165) is 3.57 Å². The van der Waals surface area contributed by atoms with Crippen molar-refractivity contribution >= 4 is 74.8 Å². The molecule has 0 bridgehead atoms. The van der Waals surface area contributed by atoms with Gasteiger partial charge in [-0.25, -0.2) is 4.98 Å². The smallest absolute Gasteiger partial charge is 0.293 e. The number of benzene rings is 1. The maximum atomic E-state index is 12.3. The normalized spacial score (nSPS) is 10.4. The highest BCUT2D eigenvalue weighted by Crippen LogP contribution is 2.31. The molecule has 0 saturated heterocycles. The van der Waals surface area contributed by atoms with E-state index in [9.17, 15) is 4.79 Å². The fraction of sp³-hybridized carbons (Fsp3) is 0. The predicted molar refractivity (Wildman–Crippen MR) is 115 cm³/mol. The summed E-state index contributed by atoms with van der Waals surface area (Å²) in [6.07, 6.45) is 1.68. The van der Waals surface area contributed by atoms with Crippen molar-refractivity contribution in [3.63, 3.8) is 0 Å². The van der Waals surface area contributed by atoms with Gasteiger partial charge < -0.3 is 9.73 Å². The molecule has 2 aromatic heterocycles. The molecule has 0 unspecified atom stereocenters. The maximum absolute atomic E-state index is 12.3. The standard InChI is InChI=1S/C17H10Cl2IN3O2S/c18-9-1-3-11(12(19)7-9)13-4-5-14(25-13)16(24)23-17(26)22-15-6-2-10(20)8-21-15/h1-8H,(H2,21,22,23,24,26). The van der Waals surface area contributed by atoms with Gasteiger partial charge in [0.05, 0.1) is 5.02 Å². The zero-order chi connectivity index (χ0) is 18.7. The lowest BCUT2D eigenvalue weighted by Crippen LogP contribution is -2.34. The molecule has 5 nitrogen and oxygen atoms in total. The fourth-order valence-corrected chi connectivity index (χ4v) is 3.07. The number of aromatic nitrogens is 1. The van der Waals surface area contributed by atoms with Gasteiger partial charge >= 0.3 is 0 Å². The van der Waals surface area contributed by atoms with Crippen LogP contribution in [0.5, 0.6) is 0 Å². The second-order valence-electron chi connectivity index (χ2n) is 5.06. The van der Waals surface area contributed by atoms with Crippen molar-refractivity contribution in [2.24, 2.45) is 0 Å². The lowest BCUT2D eigenvalue weighted by atomic mass is 10.2. The summed E-state index contributed by atoms with van der Waals surface area (Å²) in [5.41, 5.74) is 0.638. The van der Waals surface area contributed by atoms with Crippen molar-refractivity contribution in [1.82, 2.24) is 10.3 Å². The van der Waals surface area contributed by atoms with Gasteiger partial charge in [-0.05, 0) is 77.3 Å². The van der Waals surface area contributed by atoms with Gasteiger partial charge in [0.15, 0.2) is 10.9 Å². The minimum absolute atomic E-state index is 0.103. The predicted octanol–water partition coefficient (Wildman–Crippen LogP) is 5.38. The van der Waals surface area contributed by atoms with Crippen molar-refractivity contribution in [2.45, 2.75) is 0 Å². The van der Waals surface area contributed by atoms with Crippen LogP contribution in [0, 0.1) is 3.57 Å². The molecule has 132 valence electrons. The second kappa shape index (κ2) is 8.34. The van der Waals surface area contributed by atoms with Crippen molar-refractivity contribution in [2.75, 3.05) is 5.32 Å². The van der Waals surface area contributed by atoms with Gasteiger partial charge in [0.1, 0.15) is 11.6 Å². The number of hydrogen-bond donors (Lipinski definition) is 2. The van der Waals surface area contributed by atoms with Crippen LogP contribution in [0.2, 0.25) is 10.0 Å². The number of anilines is 1. The third kappa shape index (κ3) is 4.73. The third-order valence-corrected chi connectivity index (χ3v) is 4.61. The number of nitrogens with one attached hydrogen (secondary N) is 2. The van der Waals surface area contributed by atoms with Crippen LogP contribution in [0.15, 0.2) is 53.1 Å². The van der Waals surface area contributed by atoms with Crippen LogP contribution < -0.4 is 10.6 Å². The molecule has 0 aliphatic rings. The number of hydrogen-bond acceptors (Lipinski definition) is 4. The van der Waals surface area contributed by atoms with Gasteiger partial charge in [-0.15, -0.1) is 0 Å². The summed E-state index contributed by atoms with van der Waals surface area (Å²) < 4.78 is 6.57. The van der Waals surface area contributed by atoms with Crippen LogP contribution >= 0.6 is 58.0 Å². The topological polar surface area (TPSA) is 67.2 Å². The average molecular weight is 518 g/mol. The van der Waals surface area contributed by atoms with Crippen LogP contribution in [-0.4, -0.2) is 16.0 Å². The first kappa shape index (κ1) is 19.1. The number of thiocarbonyl (C=S) groups is 1. The Bertz CT molecular complexity index is 976. The average Bonchev–Trinajstić information content (AvgIpc) is 3.07. The molecule has 0 spiro atoms. The summed E-state index contributed by atoms with van der Waals surface area (Å²) in [5.74, 6) is 0.605. The van der Waals surface area contributed by atoms with E-state index in [-0.39, 0.29) is 10.9 Å². The van der Waals surface area contributed by atoms with Gasteiger partial charge in [0.2, 0.25) is 0 Å². The highest BCUT2D eigenvalue weighted by molar-refractivity contribution is 14.1. The largest absolute Gasteiger partial charge is 0.451 e. The zero-order valence-electron chi connectivity index (χ0n) is 12.9. The van der Waals surface area contributed by atoms with Crippen molar-refractivity contribution in [1.29, 1.82) is 0 Å². The Balaban J connectivity index is 1.68.